The Morgan fingerprint density at radius 1 is 1.09 bits per heavy atom. The van der Waals surface area contributed by atoms with E-state index in [4.69, 9.17) is 9.72 Å². The van der Waals surface area contributed by atoms with Crippen LogP contribution in [-0.2, 0) is 17.8 Å². The Labute approximate surface area is 192 Å². The highest BCUT2D eigenvalue weighted by molar-refractivity contribution is 5.77. The SMILES string of the molecule is Cc1ccc(C(C)C)c(OCCCn2c(CCCNC(=O)C(C)C)nc3ccccc32)c1. The molecule has 1 N–H and O–H groups in total. The highest BCUT2D eigenvalue weighted by Crippen LogP contribution is 2.27. The van der Waals surface area contributed by atoms with Crippen molar-refractivity contribution in [2.24, 2.45) is 5.92 Å². The number of benzene rings is 2. The van der Waals surface area contributed by atoms with Gasteiger partial charge in [0.05, 0.1) is 17.6 Å². The number of rotatable bonds is 11. The number of fused-ring (bicyclic) bond motifs is 1. The maximum atomic E-state index is 11.8. The molecule has 3 aromatic rings. The van der Waals surface area contributed by atoms with E-state index < -0.39 is 0 Å². The first-order valence-corrected chi connectivity index (χ1v) is 11.8. The molecule has 0 aliphatic rings. The lowest BCUT2D eigenvalue weighted by molar-refractivity contribution is -0.123. The fourth-order valence-electron chi connectivity index (χ4n) is 3.88. The van der Waals surface area contributed by atoms with Crippen molar-refractivity contribution in [2.45, 2.75) is 66.3 Å². The third-order valence-electron chi connectivity index (χ3n) is 5.71. The van der Waals surface area contributed by atoms with Gasteiger partial charge in [0, 0.05) is 25.4 Å². The molecule has 5 heteroatoms. The predicted molar refractivity (Wildman–Crippen MR) is 131 cm³/mol. The van der Waals surface area contributed by atoms with Crippen LogP contribution in [0.3, 0.4) is 0 Å². The normalized spacial score (nSPS) is 11.5. The van der Waals surface area contributed by atoms with Gasteiger partial charge in [0.15, 0.2) is 0 Å². The number of ether oxygens (including phenoxy) is 1. The van der Waals surface area contributed by atoms with Crippen molar-refractivity contribution >= 4 is 16.9 Å². The molecule has 0 aliphatic carbocycles. The molecule has 0 fully saturated rings. The highest BCUT2D eigenvalue weighted by atomic mass is 16.5. The number of hydrogen-bond donors (Lipinski definition) is 1. The molecule has 0 radical (unpaired) electrons. The number of aryl methyl sites for hydroxylation is 3. The number of nitrogens with zero attached hydrogens (tertiary/aromatic N) is 2. The van der Waals surface area contributed by atoms with Crippen molar-refractivity contribution in [1.82, 2.24) is 14.9 Å². The molecule has 1 heterocycles. The van der Waals surface area contributed by atoms with Gasteiger partial charge in [-0.1, -0.05) is 52.0 Å². The van der Waals surface area contributed by atoms with Crippen LogP contribution in [0.5, 0.6) is 5.75 Å². The third kappa shape index (κ3) is 6.12. The highest BCUT2D eigenvalue weighted by Gasteiger charge is 2.12. The third-order valence-corrected chi connectivity index (χ3v) is 5.71. The van der Waals surface area contributed by atoms with Crippen LogP contribution in [0.2, 0.25) is 0 Å². The van der Waals surface area contributed by atoms with E-state index in [1.165, 1.54) is 11.1 Å². The van der Waals surface area contributed by atoms with Gasteiger partial charge in [-0.2, -0.15) is 0 Å². The largest absolute Gasteiger partial charge is 0.493 e. The van der Waals surface area contributed by atoms with E-state index in [2.05, 4.69) is 67.1 Å². The van der Waals surface area contributed by atoms with Gasteiger partial charge in [0.2, 0.25) is 5.91 Å². The maximum Gasteiger partial charge on any atom is 0.222 e. The number of amides is 1. The van der Waals surface area contributed by atoms with Crippen LogP contribution in [0.4, 0.5) is 0 Å². The molecule has 5 nitrogen and oxygen atoms in total. The molecule has 1 aromatic heterocycles. The zero-order valence-corrected chi connectivity index (χ0v) is 20.1. The molecule has 0 atom stereocenters. The van der Waals surface area contributed by atoms with Gasteiger partial charge < -0.3 is 14.6 Å². The van der Waals surface area contributed by atoms with Crippen LogP contribution < -0.4 is 10.1 Å². The van der Waals surface area contributed by atoms with Gasteiger partial charge in [-0.25, -0.2) is 4.98 Å². The van der Waals surface area contributed by atoms with E-state index in [0.717, 1.165) is 48.4 Å². The minimum atomic E-state index is 0.0178. The summed E-state index contributed by atoms with van der Waals surface area (Å²) in [5, 5.41) is 3.00. The lowest BCUT2D eigenvalue weighted by atomic mass is 10.0. The van der Waals surface area contributed by atoms with Gasteiger partial charge in [-0.15, -0.1) is 0 Å². The molecule has 1 amide bonds. The summed E-state index contributed by atoms with van der Waals surface area (Å²) in [4.78, 5) is 16.7. The lowest BCUT2D eigenvalue weighted by Crippen LogP contribution is -2.28. The van der Waals surface area contributed by atoms with Crippen molar-refractivity contribution < 1.29 is 9.53 Å². The minimum absolute atomic E-state index is 0.0178. The molecule has 2 aromatic carbocycles. The Balaban J connectivity index is 1.62. The van der Waals surface area contributed by atoms with Crippen LogP contribution in [0.1, 0.15) is 63.4 Å². The van der Waals surface area contributed by atoms with Gasteiger partial charge in [0.1, 0.15) is 11.6 Å². The topological polar surface area (TPSA) is 56.1 Å². The quantitative estimate of drug-likeness (QED) is 0.396. The van der Waals surface area contributed by atoms with Crippen LogP contribution >= 0.6 is 0 Å². The number of carbonyl (C=O) groups excluding carboxylic acids is 1. The summed E-state index contributed by atoms with van der Waals surface area (Å²) < 4.78 is 8.50. The molecule has 0 bridgehead atoms. The smallest absolute Gasteiger partial charge is 0.222 e. The molecule has 0 saturated carbocycles. The number of aromatic nitrogens is 2. The van der Waals surface area contributed by atoms with E-state index >= 15 is 0 Å². The van der Waals surface area contributed by atoms with Gasteiger partial charge in [-0.3, -0.25) is 4.79 Å². The summed E-state index contributed by atoms with van der Waals surface area (Å²) >= 11 is 0. The summed E-state index contributed by atoms with van der Waals surface area (Å²) in [5.41, 5.74) is 4.66. The zero-order valence-electron chi connectivity index (χ0n) is 20.1. The van der Waals surface area contributed by atoms with Crippen LogP contribution in [-0.4, -0.2) is 28.6 Å². The Kier molecular flexibility index (Phi) is 8.32. The number of imidazole rings is 1. The standard InChI is InChI=1S/C27H37N3O2/c1-19(2)22-14-13-21(5)18-25(22)32-17-9-16-30-24-11-7-6-10-23(24)29-26(30)12-8-15-28-27(31)20(3)4/h6-7,10-11,13-14,18-20H,8-9,12,15-17H2,1-5H3,(H,28,31). The van der Waals surface area contributed by atoms with E-state index in [1.807, 2.05) is 19.9 Å². The van der Waals surface area contributed by atoms with Crippen LogP contribution in [0.25, 0.3) is 11.0 Å². The van der Waals surface area contributed by atoms with E-state index in [-0.39, 0.29) is 11.8 Å². The molecular weight excluding hydrogens is 398 g/mol. The molecular formula is C27H37N3O2. The van der Waals surface area contributed by atoms with Crippen molar-refractivity contribution in [2.75, 3.05) is 13.2 Å². The monoisotopic (exact) mass is 435 g/mol. The average Bonchev–Trinajstić information content (AvgIpc) is 3.11. The fourth-order valence-corrected chi connectivity index (χ4v) is 3.88. The van der Waals surface area contributed by atoms with Crippen molar-refractivity contribution in [3.63, 3.8) is 0 Å². The summed E-state index contributed by atoms with van der Waals surface area (Å²) in [6.45, 7) is 12.5. The summed E-state index contributed by atoms with van der Waals surface area (Å²) in [6, 6.07) is 14.7. The Hall–Kier alpha value is -2.82. The molecule has 0 unspecified atom stereocenters. The zero-order chi connectivity index (χ0) is 23.1. The van der Waals surface area contributed by atoms with Crippen LogP contribution in [0, 0.1) is 12.8 Å². The molecule has 172 valence electrons. The van der Waals surface area contributed by atoms with E-state index in [1.54, 1.807) is 0 Å². The molecule has 0 aliphatic heterocycles. The van der Waals surface area contributed by atoms with E-state index in [9.17, 15) is 4.79 Å². The van der Waals surface area contributed by atoms with Crippen molar-refractivity contribution in [1.29, 1.82) is 0 Å². The second-order valence-electron chi connectivity index (χ2n) is 9.12. The molecule has 3 rings (SSSR count). The number of para-hydroxylation sites is 2. The number of hydrogen-bond acceptors (Lipinski definition) is 3. The lowest BCUT2D eigenvalue weighted by Gasteiger charge is -2.15. The minimum Gasteiger partial charge on any atom is -0.493 e. The number of nitrogens with one attached hydrogen (secondary N) is 1. The first kappa shape index (κ1) is 23.8. The van der Waals surface area contributed by atoms with Crippen LogP contribution in [0.15, 0.2) is 42.5 Å². The second-order valence-corrected chi connectivity index (χ2v) is 9.12. The van der Waals surface area contributed by atoms with Crippen molar-refractivity contribution in [3.05, 3.63) is 59.4 Å². The summed E-state index contributed by atoms with van der Waals surface area (Å²) in [7, 11) is 0. The van der Waals surface area contributed by atoms with E-state index in [0.29, 0.717) is 19.1 Å². The number of carbonyl (C=O) groups is 1. The first-order valence-electron chi connectivity index (χ1n) is 11.8. The van der Waals surface area contributed by atoms with Crippen molar-refractivity contribution in [3.8, 4) is 5.75 Å². The Morgan fingerprint density at radius 3 is 2.62 bits per heavy atom. The van der Waals surface area contributed by atoms with Gasteiger partial charge in [0.25, 0.3) is 0 Å². The van der Waals surface area contributed by atoms with Gasteiger partial charge >= 0.3 is 0 Å². The predicted octanol–water partition coefficient (Wildman–Crippen LogP) is 5.64. The molecule has 0 saturated heterocycles. The Morgan fingerprint density at radius 2 is 1.88 bits per heavy atom. The van der Waals surface area contributed by atoms with Gasteiger partial charge in [-0.05, 0) is 55.0 Å². The summed E-state index contributed by atoms with van der Waals surface area (Å²) in [6.07, 6.45) is 2.62. The first-order chi connectivity index (χ1) is 15.4. The fraction of sp³-hybridized carbons (Fsp3) is 0.481. The molecule has 0 spiro atoms. The average molecular weight is 436 g/mol. The molecule has 32 heavy (non-hydrogen) atoms. The summed E-state index contributed by atoms with van der Waals surface area (Å²) in [5.74, 6) is 2.63. The second kappa shape index (κ2) is 11.2. The maximum absolute atomic E-state index is 11.8. The Bertz CT molecular complexity index is 1040.